The third kappa shape index (κ3) is 4.30. The molecular weight excluding hydrogens is 484 g/mol. The van der Waals surface area contributed by atoms with Crippen LogP contribution in [0.2, 0.25) is 0 Å². The number of pyridine rings is 3. The van der Waals surface area contributed by atoms with Gasteiger partial charge >= 0.3 is 0 Å². The molecule has 4 aromatic rings. The number of ether oxygens (including phenoxy) is 2. The van der Waals surface area contributed by atoms with Gasteiger partial charge in [0.2, 0.25) is 0 Å². The SMILES string of the molecule is COc1ccc2c(Oc3ccc(NC(=O)c4cc5c(n(C6CCC6)c4=O)CCCC5=O)nc3)ccnc2c1. The molecule has 1 fully saturated rings. The molecule has 0 spiro atoms. The molecule has 3 heterocycles. The van der Waals surface area contributed by atoms with Crippen molar-refractivity contribution < 1.29 is 19.1 Å². The van der Waals surface area contributed by atoms with E-state index in [2.05, 4.69) is 15.3 Å². The van der Waals surface area contributed by atoms with Crippen molar-refractivity contribution in [3.8, 4) is 17.2 Å². The Balaban J connectivity index is 1.24. The lowest BCUT2D eigenvalue weighted by Gasteiger charge is -2.32. The average Bonchev–Trinajstić information content (AvgIpc) is 2.90. The second kappa shape index (κ2) is 9.74. The molecule has 3 aromatic heterocycles. The van der Waals surface area contributed by atoms with Gasteiger partial charge in [-0.2, -0.15) is 0 Å². The minimum absolute atomic E-state index is 0.0184. The highest BCUT2D eigenvalue weighted by molar-refractivity contribution is 6.06. The second-order valence-corrected chi connectivity index (χ2v) is 9.58. The lowest BCUT2D eigenvalue weighted by Crippen LogP contribution is -2.38. The first-order chi connectivity index (χ1) is 18.5. The van der Waals surface area contributed by atoms with Crippen LogP contribution in [0.1, 0.15) is 64.6 Å². The topological polar surface area (TPSA) is 112 Å². The van der Waals surface area contributed by atoms with E-state index >= 15 is 0 Å². The van der Waals surface area contributed by atoms with Gasteiger partial charge in [0.25, 0.3) is 11.5 Å². The molecule has 2 aliphatic rings. The molecule has 0 saturated heterocycles. The first-order valence-corrected chi connectivity index (χ1v) is 12.7. The van der Waals surface area contributed by atoms with Gasteiger partial charge < -0.3 is 19.4 Å². The van der Waals surface area contributed by atoms with Crippen molar-refractivity contribution in [1.29, 1.82) is 0 Å². The van der Waals surface area contributed by atoms with E-state index in [1.807, 2.05) is 18.2 Å². The largest absolute Gasteiger partial charge is 0.497 e. The lowest BCUT2D eigenvalue weighted by molar-refractivity contribution is 0.0968. The van der Waals surface area contributed by atoms with E-state index in [0.29, 0.717) is 35.7 Å². The standard InChI is InChI=1S/C29H26N4O5/c1-37-18-8-10-20-23(14-18)30-13-12-26(20)38-19-9-11-27(31-16-19)32-28(35)22-15-21-24(6-3-7-25(21)34)33(29(22)36)17-4-2-5-17/h8-17H,2-7H2,1H3,(H,31,32,35). The van der Waals surface area contributed by atoms with E-state index in [-0.39, 0.29) is 28.8 Å². The summed E-state index contributed by atoms with van der Waals surface area (Å²) >= 11 is 0. The zero-order valence-corrected chi connectivity index (χ0v) is 20.9. The van der Waals surface area contributed by atoms with Gasteiger partial charge in [0.05, 0.1) is 18.8 Å². The van der Waals surface area contributed by atoms with Gasteiger partial charge in [-0.05, 0) is 68.5 Å². The molecule has 0 atom stereocenters. The van der Waals surface area contributed by atoms with E-state index in [9.17, 15) is 14.4 Å². The predicted octanol–water partition coefficient (Wildman–Crippen LogP) is 5.09. The Kier molecular flexibility index (Phi) is 6.11. The zero-order chi connectivity index (χ0) is 26.2. The fourth-order valence-electron chi connectivity index (χ4n) is 5.06. The van der Waals surface area contributed by atoms with E-state index in [0.717, 1.165) is 42.3 Å². The molecule has 192 valence electrons. The van der Waals surface area contributed by atoms with Crippen LogP contribution in [0.4, 0.5) is 5.82 Å². The number of amides is 1. The second-order valence-electron chi connectivity index (χ2n) is 9.58. The molecule has 0 radical (unpaired) electrons. The highest BCUT2D eigenvalue weighted by Gasteiger charge is 2.30. The van der Waals surface area contributed by atoms with Crippen LogP contribution in [0.5, 0.6) is 17.2 Å². The maximum absolute atomic E-state index is 13.4. The zero-order valence-electron chi connectivity index (χ0n) is 20.9. The van der Waals surface area contributed by atoms with E-state index < -0.39 is 5.91 Å². The van der Waals surface area contributed by atoms with Crippen molar-refractivity contribution in [3.63, 3.8) is 0 Å². The fourth-order valence-corrected chi connectivity index (χ4v) is 5.06. The third-order valence-electron chi connectivity index (χ3n) is 7.26. The summed E-state index contributed by atoms with van der Waals surface area (Å²) in [6.07, 6.45) is 7.79. The van der Waals surface area contributed by atoms with Gasteiger partial charge in [-0.3, -0.25) is 19.4 Å². The number of hydrogen-bond donors (Lipinski definition) is 1. The Bertz CT molecular complexity index is 1620. The Hall–Kier alpha value is -4.53. The summed E-state index contributed by atoms with van der Waals surface area (Å²) < 4.78 is 13.0. The quantitative estimate of drug-likeness (QED) is 0.384. The van der Waals surface area contributed by atoms with Crippen molar-refractivity contribution in [2.24, 2.45) is 0 Å². The third-order valence-corrected chi connectivity index (χ3v) is 7.26. The maximum atomic E-state index is 13.4. The molecule has 9 nitrogen and oxygen atoms in total. The lowest BCUT2D eigenvalue weighted by atomic mass is 9.88. The van der Waals surface area contributed by atoms with Gasteiger partial charge in [-0.15, -0.1) is 0 Å². The summed E-state index contributed by atoms with van der Waals surface area (Å²) in [7, 11) is 1.60. The van der Waals surface area contributed by atoms with Gasteiger partial charge in [-0.1, -0.05) is 0 Å². The number of aromatic nitrogens is 3. The highest BCUT2D eigenvalue weighted by atomic mass is 16.5. The molecule has 2 aliphatic carbocycles. The summed E-state index contributed by atoms with van der Waals surface area (Å²) in [4.78, 5) is 47.8. The molecule has 1 amide bonds. The highest BCUT2D eigenvalue weighted by Crippen LogP contribution is 2.34. The molecule has 6 rings (SSSR count). The summed E-state index contributed by atoms with van der Waals surface area (Å²) in [5, 5.41) is 3.52. The van der Waals surface area contributed by atoms with E-state index in [4.69, 9.17) is 9.47 Å². The number of fused-ring (bicyclic) bond motifs is 2. The van der Waals surface area contributed by atoms with Crippen LogP contribution in [-0.4, -0.2) is 33.3 Å². The van der Waals surface area contributed by atoms with Crippen molar-refractivity contribution in [3.05, 3.63) is 82.0 Å². The number of hydrogen-bond acceptors (Lipinski definition) is 7. The number of benzene rings is 1. The number of rotatable bonds is 6. The fraction of sp³-hybridized carbons (Fsp3) is 0.276. The normalized spacial score (nSPS) is 15.0. The van der Waals surface area contributed by atoms with Crippen LogP contribution >= 0.6 is 0 Å². The summed E-state index contributed by atoms with van der Waals surface area (Å²) in [5.41, 5.74) is 1.62. The number of carbonyl (C=O) groups is 2. The predicted molar refractivity (Wildman–Crippen MR) is 141 cm³/mol. The summed E-state index contributed by atoms with van der Waals surface area (Å²) in [6, 6.07) is 12.1. The Morgan fingerprint density at radius 2 is 1.84 bits per heavy atom. The number of methoxy groups -OCH3 is 1. The molecule has 38 heavy (non-hydrogen) atoms. The average molecular weight is 511 g/mol. The van der Waals surface area contributed by atoms with Gasteiger partial charge in [-0.25, -0.2) is 4.98 Å². The van der Waals surface area contributed by atoms with Gasteiger partial charge in [0, 0.05) is 41.4 Å². The maximum Gasteiger partial charge on any atom is 0.263 e. The number of nitrogens with one attached hydrogen (secondary N) is 1. The molecule has 0 bridgehead atoms. The van der Waals surface area contributed by atoms with Crippen molar-refractivity contribution in [2.45, 2.75) is 44.6 Å². The number of nitrogens with zero attached hydrogens (tertiary/aromatic N) is 3. The summed E-state index contributed by atoms with van der Waals surface area (Å²) in [6.45, 7) is 0. The minimum atomic E-state index is -0.584. The van der Waals surface area contributed by atoms with Gasteiger partial charge in [0.1, 0.15) is 28.6 Å². The molecule has 0 unspecified atom stereocenters. The Labute approximate surface area is 218 Å². The first-order valence-electron chi connectivity index (χ1n) is 12.7. The van der Waals surface area contributed by atoms with Crippen LogP contribution in [-0.2, 0) is 6.42 Å². The number of Topliss-reactive ketones (excluding diaryl/α,β-unsaturated/α-hetero) is 1. The Morgan fingerprint density at radius 3 is 2.58 bits per heavy atom. The molecule has 1 saturated carbocycles. The smallest absolute Gasteiger partial charge is 0.263 e. The van der Waals surface area contributed by atoms with Crippen molar-refractivity contribution >= 4 is 28.4 Å². The van der Waals surface area contributed by atoms with Crippen molar-refractivity contribution in [2.75, 3.05) is 12.4 Å². The summed E-state index contributed by atoms with van der Waals surface area (Å²) in [5.74, 6) is 1.44. The van der Waals surface area contributed by atoms with E-state index in [1.54, 1.807) is 36.1 Å². The number of ketones is 1. The van der Waals surface area contributed by atoms with Gasteiger partial charge in [0.15, 0.2) is 5.78 Å². The monoisotopic (exact) mass is 510 g/mol. The molecular formula is C29H26N4O5. The van der Waals surface area contributed by atoms with Crippen LogP contribution in [0.3, 0.4) is 0 Å². The Morgan fingerprint density at radius 1 is 1.00 bits per heavy atom. The number of anilines is 1. The first kappa shape index (κ1) is 23.8. The van der Waals surface area contributed by atoms with Crippen LogP contribution in [0.15, 0.2) is 59.7 Å². The van der Waals surface area contributed by atoms with Crippen LogP contribution in [0.25, 0.3) is 10.9 Å². The van der Waals surface area contributed by atoms with Crippen molar-refractivity contribution in [1.82, 2.24) is 14.5 Å². The van der Waals surface area contributed by atoms with E-state index in [1.165, 1.54) is 12.3 Å². The molecule has 0 aliphatic heterocycles. The molecule has 1 aromatic carbocycles. The molecule has 1 N–H and O–H groups in total. The minimum Gasteiger partial charge on any atom is -0.497 e. The van der Waals surface area contributed by atoms with Crippen LogP contribution in [0, 0.1) is 0 Å². The molecule has 9 heteroatoms. The number of carbonyl (C=O) groups excluding carboxylic acids is 2. The van der Waals surface area contributed by atoms with Crippen LogP contribution < -0.4 is 20.3 Å².